The van der Waals surface area contributed by atoms with Gasteiger partial charge < -0.3 is 10.1 Å². The van der Waals surface area contributed by atoms with E-state index in [2.05, 4.69) is 15.3 Å². The number of rotatable bonds is 7. The summed E-state index contributed by atoms with van der Waals surface area (Å²) in [5.41, 5.74) is 3.16. The van der Waals surface area contributed by atoms with E-state index >= 15 is 0 Å². The van der Waals surface area contributed by atoms with E-state index in [-0.39, 0.29) is 30.3 Å². The van der Waals surface area contributed by atoms with Gasteiger partial charge >= 0.3 is 0 Å². The monoisotopic (exact) mass is 552 g/mol. The molecule has 2 aromatic heterocycles. The van der Waals surface area contributed by atoms with Crippen molar-refractivity contribution >= 4 is 45.9 Å². The summed E-state index contributed by atoms with van der Waals surface area (Å²) in [5.74, 6) is 0.841. The van der Waals surface area contributed by atoms with Crippen LogP contribution in [0.1, 0.15) is 23.2 Å². The predicted molar refractivity (Wildman–Crippen MR) is 153 cm³/mol. The highest BCUT2D eigenvalue weighted by molar-refractivity contribution is 8.13. The number of pyridine rings is 1. The third-order valence-corrected chi connectivity index (χ3v) is 7.54. The highest BCUT2D eigenvalue weighted by Gasteiger charge is 2.42. The first-order chi connectivity index (χ1) is 19.5. The molecule has 0 spiro atoms. The third-order valence-electron chi connectivity index (χ3n) is 6.57. The van der Waals surface area contributed by atoms with E-state index in [0.717, 1.165) is 11.1 Å². The Morgan fingerprint density at radius 3 is 2.73 bits per heavy atom. The molecule has 0 bridgehead atoms. The maximum Gasteiger partial charge on any atom is 0.259 e. The van der Waals surface area contributed by atoms with E-state index in [9.17, 15) is 14.4 Å². The zero-order valence-electron chi connectivity index (χ0n) is 21.5. The van der Waals surface area contributed by atoms with Crippen molar-refractivity contribution in [2.24, 2.45) is 9.98 Å². The summed E-state index contributed by atoms with van der Waals surface area (Å²) in [6, 6.07) is 20.8. The van der Waals surface area contributed by atoms with Crippen molar-refractivity contribution < 1.29 is 14.3 Å². The molecule has 4 heterocycles. The number of fused-ring (bicyclic) bond motifs is 4. The van der Waals surface area contributed by atoms with Gasteiger partial charge in [0.1, 0.15) is 23.3 Å². The minimum absolute atomic E-state index is 0.100. The van der Waals surface area contributed by atoms with Crippen molar-refractivity contribution in [2.75, 3.05) is 7.11 Å². The van der Waals surface area contributed by atoms with Crippen molar-refractivity contribution in [3.63, 3.8) is 0 Å². The highest BCUT2D eigenvalue weighted by atomic mass is 32.2. The Balaban J connectivity index is 1.21. The Morgan fingerprint density at radius 1 is 1.05 bits per heavy atom. The molecule has 10 nitrogen and oxygen atoms in total. The van der Waals surface area contributed by atoms with Gasteiger partial charge in [0, 0.05) is 35.7 Å². The number of nitrogens with zero attached hydrogens (tertiary/aromatic N) is 5. The van der Waals surface area contributed by atoms with Crippen LogP contribution in [-0.4, -0.2) is 50.3 Å². The summed E-state index contributed by atoms with van der Waals surface area (Å²) in [6.07, 6.45) is 1.57. The lowest BCUT2D eigenvalue weighted by Crippen LogP contribution is -2.42. The van der Waals surface area contributed by atoms with Gasteiger partial charge in [0.2, 0.25) is 5.91 Å². The second kappa shape index (κ2) is 10.8. The molecule has 40 heavy (non-hydrogen) atoms. The number of carbonyl (C=O) groups is 2. The standard InChI is InChI=1S/C29H24N6O4S/c1-39-23-11-5-2-8-18(23)16-30-25(36)15-22-28(38)35-27(32-22)20-9-3-4-10-21(20)33-29(35)40-17-19-14-26(37)34-13-7-6-12-24(34)31-19/h2-14,22H,15-17H2,1H3,(H,30,36)/t22-/m1/s1. The van der Waals surface area contributed by atoms with Crippen molar-refractivity contribution in [3.8, 4) is 5.75 Å². The number of carbonyl (C=O) groups excluding carboxylic acids is 2. The minimum atomic E-state index is -0.881. The second-order valence-electron chi connectivity index (χ2n) is 9.15. The number of methoxy groups -OCH3 is 1. The van der Waals surface area contributed by atoms with E-state index in [1.807, 2.05) is 54.6 Å². The topological polar surface area (TPSA) is 118 Å². The van der Waals surface area contributed by atoms with E-state index < -0.39 is 6.04 Å². The molecule has 0 radical (unpaired) electrons. The number of amidine groups is 2. The van der Waals surface area contributed by atoms with E-state index in [1.165, 1.54) is 27.1 Å². The molecule has 0 aliphatic carbocycles. The molecule has 0 fully saturated rings. The Labute approximate surface area is 233 Å². The maximum atomic E-state index is 13.6. The fourth-order valence-electron chi connectivity index (χ4n) is 4.64. The number of aromatic nitrogens is 2. The molecule has 2 aromatic carbocycles. The Bertz CT molecular complexity index is 1760. The number of hydrogen-bond acceptors (Lipinski definition) is 8. The fraction of sp³-hybridized carbons (Fsp3) is 0.172. The van der Waals surface area contributed by atoms with Crippen LogP contribution < -0.4 is 15.6 Å². The number of amides is 2. The number of aliphatic imine (C=N–C) groups is 2. The summed E-state index contributed by atoms with van der Waals surface area (Å²) in [6.45, 7) is 0.272. The van der Waals surface area contributed by atoms with E-state index in [0.29, 0.717) is 39.5 Å². The van der Waals surface area contributed by atoms with Gasteiger partial charge in [0.05, 0.1) is 24.9 Å². The van der Waals surface area contributed by atoms with Gasteiger partial charge in [-0.25, -0.2) is 14.9 Å². The maximum absolute atomic E-state index is 13.6. The van der Waals surface area contributed by atoms with Gasteiger partial charge in [0.25, 0.3) is 11.5 Å². The molecule has 1 N–H and O–H groups in total. The lowest BCUT2D eigenvalue weighted by molar-refractivity contribution is -0.128. The number of thioether (sulfide) groups is 1. The molecule has 2 amide bonds. The van der Waals surface area contributed by atoms with E-state index in [1.54, 1.807) is 25.4 Å². The molecule has 0 unspecified atom stereocenters. The molecule has 2 aliphatic rings. The Hall–Kier alpha value is -4.77. The average molecular weight is 553 g/mol. The van der Waals surface area contributed by atoms with Crippen LogP contribution in [0.4, 0.5) is 5.69 Å². The normalized spacial score (nSPS) is 15.8. The summed E-state index contributed by atoms with van der Waals surface area (Å²) in [4.78, 5) is 54.4. The van der Waals surface area contributed by atoms with Crippen LogP contribution in [0.15, 0.2) is 93.8 Å². The largest absolute Gasteiger partial charge is 0.496 e. The Kier molecular flexibility index (Phi) is 6.87. The molecule has 200 valence electrons. The van der Waals surface area contributed by atoms with Gasteiger partial charge in [-0.05, 0) is 30.3 Å². The van der Waals surface area contributed by atoms with Crippen LogP contribution in [0, 0.1) is 0 Å². The molecule has 1 atom stereocenters. The molecule has 4 aromatic rings. The zero-order valence-corrected chi connectivity index (χ0v) is 22.3. The fourth-order valence-corrected chi connectivity index (χ4v) is 5.53. The van der Waals surface area contributed by atoms with Gasteiger partial charge in [0.15, 0.2) is 5.17 Å². The summed E-state index contributed by atoms with van der Waals surface area (Å²) in [5, 5.41) is 3.29. The molecule has 6 rings (SSSR count). The van der Waals surface area contributed by atoms with Crippen LogP contribution in [0.2, 0.25) is 0 Å². The van der Waals surface area contributed by atoms with Gasteiger partial charge in [-0.2, -0.15) is 0 Å². The third kappa shape index (κ3) is 4.87. The van der Waals surface area contributed by atoms with Gasteiger partial charge in [-0.1, -0.05) is 48.2 Å². The smallest absolute Gasteiger partial charge is 0.259 e. The molecule has 0 saturated carbocycles. The van der Waals surface area contributed by atoms with Crippen LogP contribution in [0.25, 0.3) is 5.65 Å². The van der Waals surface area contributed by atoms with Gasteiger partial charge in [-0.15, -0.1) is 0 Å². The van der Waals surface area contributed by atoms with Crippen LogP contribution in [0.5, 0.6) is 5.75 Å². The summed E-state index contributed by atoms with van der Waals surface area (Å²) < 4.78 is 6.82. The Morgan fingerprint density at radius 2 is 1.85 bits per heavy atom. The van der Waals surface area contributed by atoms with Crippen molar-refractivity contribution in [1.29, 1.82) is 0 Å². The number of nitrogens with one attached hydrogen (secondary N) is 1. The molecular formula is C29H24N6O4S. The first-order valence-electron chi connectivity index (χ1n) is 12.6. The van der Waals surface area contributed by atoms with Gasteiger partial charge in [-0.3, -0.25) is 23.8 Å². The lowest BCUT2D eigenvalue weighted by atomic mass is 10.1. The van der Waals surface area contributed by atoms with Crippen molar-refractivity contribution in [2.45, 2.75) is 24.8 Å². The predicted octanol–water partition coefficient (Wildman–Crippen LogP) is 3.30. The SMILES string of the molecule is COc1ccccc1CNC(=O)C[C@H]1N=C2c3ccccc3N=C(SCc3cc(=O)n4ccccc4n3)N2C1=O. The number of ether oxygens (including phenoxy) is 1. The molecular weight excluding hydrogens is 528 g/mol. The number of para-hydroxylation sites is 2. The lowest BCUT2D eigenvalue weighted by Gasteiger charge is -2.25. The van der Waals surface area contributed by atoms with Crippen molar-refractivity contribution in [1.82, 2.24) is 19.6 Å². The zero-order chi connectivity index (χ0) is 27.6. The minimum Gasteiger partial charge on any atom is -0.496 e. The van der Waals surface area contributed by atoms with Crippen LogP contribution >= 0.6 is 11.8 Å². The van der Waals surface area contributed by atoms with Crippen LogP contribution in [0.3, 0.4) is 0 Å². The van der Waals surface area contributed by atoms with E-state index in [4.69, 9.17) is 9.73 Å². The quantitative estimate of drug-likeness (QED) is 0.376. The molecule has 0 saturated heterocycles. The van der Waals surface area contributed by atoms with Crippen molar-refractivity contribution in [3.05, 3.63) is 106 Å². The summed E-state index contributed by atoms with van der Waals surface area (Å²) in [7, 11) is 1.58. The highest BCUT2D eigenvalue weighted by Crippen LogP contribution is 2.34. The molecule has 2 aliphatic heterocycles. The second-order valence-corrected chi connectivity index (χ2v) is 10.1. The first kappa shape index (κ1) is 25.5. The molecule has 11 heteroatoms. The number of benzene rings is 2. The summed E-state index contributed by atoms with van der Waals surface area (Å²) >= 11 is 1.29. The van der Waals surface area contributed by atoms with Crippen LogP contribution in [-0.2, 0) is 21.9 Å². The first-order valence-corrected chi connectivity index (χ1v) is 13.6. The number of hydrogen-bond donors (Lipinski definition) is 1. The average Bonchev–Trinajstić information content (AvgIpc) is 3.30.